The number of aromatic nitrogens is 2. The molecule has 0 unspecified atom stereocenters. The van der Waals surface area contributed by atoms with Crippen molar-refractivity contribution in [3.63, 3.8) is 0 Å². The molecule has 178 valence electrons. The van der Waals surface area contributed by atoms with Gasteiger partial charge in [0.25, 0.3) is 0 Å². The van der Waals surface area contributed by atoms with Gasteiger partial charge in [0.15, 0.2) is 0 Å². The van der Waals surface area contributed by atoms with Crippen LogP contribution in [0.1, 0.15) is 36.2 Å². The molecule has 3 aromatic heterocycles. The largest absolute Gasteiger partial charge is 0.437 e. The second-order valence-corrected chi connectivity index (χ2v) is 10.5. The van der Waals surface area contributed by atoms with E-state index in [1.165, 1.54) is 22.1 Å². The summed E-state index contributed by atoms with van der Waals surface area (Å²) in [6.45, 7) is 10.8. The third kappa shape index (κ3) is 3.95. The molecule has 6 rings (SSSR count). The normalized spacial score (nSPS) is 11.8. The van der Waals surface area contributed by atoms with E-state index in [1.807, 2.05) is 13.0 Å². The lowest BCUT2D eigenvalue weighted by molar-refractivity contribution is 0.648. The minimum atomic E-state index is 0.600. The van der Waals surface area contributed by atoms with E-state index in [4.69, 9.17) is 9.40 Å². The second kappa shape index (κ2) is 8.60. The highest BCUT2D eigenvalue weighted by Gasteiger charge is 2.18. The standard InChI is InChI=1S/C33H30N2O/c1-19(2)14-23-9-13-26-25(17-23)18-30(24-10-6-20(3)7-11-24)35-31(26)29-16-21(4)15-28-27-12-8-22(5)34-33(27)36-32(28)29/h6-13,15-19H,14H2,1-5H3. The molecule has 36 heavy (non-hydrogen) atoms. The maximum Gasteiger partial charge on any atom is 0.227 e. The van der Waals surface area contributed by atoms with Crippen LogP contribution in [0.2, 0.25) is 0 Å². The fourth-order valence-corrected chi connectivity index (χ4v) is 5.15. The van der Waals surface area contributed by atoms with Crippen molar-refractivity contribution in [2.45, 2.75) is 41.0 Å². The van der Waals surface area contributed by atoms with Gasteiger partial charge in [-0.2, -0.15) is 0 Å². The van der Waals surface area contributed by atoms with Gasteiger partial charge in [-0.25, -0.2) is 9.97 Å². The van der Waals surface area contributed by atoms with E-state index in [2.05, 4.69) is 99.4 Å². The Kier molecular flexibility index (Phi) is 5.37. The van der Waals surface area contributed by atoms with Crippen molar-refractivity contribution in [3.8, 4) is 22.5 Å². The van der Waals surface area contributed by atoms with Gasteiger partial charge in [0.05, 0.1) is 11.4 Å². The van der Waals surface area contributed by atoms with Gasteiger partial charge in [-0.15, -0.1) is 0 Å². The average molecular weight is 471 g/mol. The summed E-state index contributed by atoms with van der Waals surface area (Å²) in [6.07, 6.45) is 1.05. The zero-order chi connectivity index (χ0) is 25.0. The molecule has 0 aliphatic carbocycles. The Labute approximate surface area is 211 Å². The second-order valence-electron chi connectivity index (χ2n) is 10.5. The van der Waals surface area contributed by atoms with Gasteiger partial charge in [0, 0.05) is 33.0 Å². The molecule has 0 aliphatic heterocycles. The van der Waals surface area contributed by atoms with Gasteiger partial charge in [0.2, 0.25) is 5.71 Å². The molecule has 0 atom stereocenters. The van der Waals surface area contributed by atoms with Crippen LogP contribution in [0.15, 0.2) is 77.2 Å². The number of furan rings is 1. The summed E-state index contributed by atoms with van der Waals surface area (Å²) < 4.78 is 6.41. The minimum Gasteiger partial charge on any atom is -0.437 e. The van der Waals surface area contributed by atoms with Crippen molar-refractivity contribution in [2.75, 3.05) is 0 Å². The monoisotopic (exact) mass is 470 g/mol. The molecule has 0 bridgehead atoms. The Hall–Kier alpha value is -3.98. The number of hydrogen-bond acceptors (Lipinski definition) is 3. The van der Waals surface area contributed by atoms with Gasteiger partial charge in [0.1, 0.15) is 5.58 Å². The Morgan fingerprint density at radius 2 is 1.50 bits per heavy atom. The quantitative estimate of drug-likeness (QED) is 0.258. The summed E-state index contributed by atoms with van der Waals surface area (Å²) in [7, 11) is 0. The lowest BCUT2D eigenvalue weighted by Gasteiger charge is -2.13. The van der Waals surface area contributed by atoms with Crippen molar-refractivity contribution in [1.82, 2.24) is 9.97 Å². The summed E-state index contributed by atoms with van der Waals surface area (Å²) in [4.78, 5) is 9.93. The number of aryl methyl sites for hydroxylation is 3. The third-order valence-corrected chi connectivity index (χ3v) is 6.86. The SMILES string of the molecule is Cc1ccc(-c2cc3cc(CC(C)C)ccc3c(-c3cc(C)cc4c3oc3nc(C)ccc34)n2)cc1. The molecule has 0 aliphatic rings. The fourth-order valence-electron chi connectivity index (χ4n) is 5.15. The molecule has 0 amide bonds. The van der Waals surface area contributed by atoms with Crippen LogP contribution in [-0.4, -0.2) is 9.97 Å². The van der Waals surface area contributed by atoms with Crippen LogP contribution in [0.3, 0.4) is 0 Å². The fraction of sp³-hybridized carbons (Fsp3) is 0.212. The number of nitrogens with zero attached hydrogens (tertiary/aromatic N) is 2. The summed E-state index contributed by atoms with van der Waals surface area (Å²) in [5, 5.41) is 4.46. The topological polar surface area (TPSA) is 38.9 Å². The van der Waals surface area contributed by atoms with E-state index in [1.54, 1.807) is 0 Å². The first-order valence-corrected chi connectivity index (χ1v) is 12.7. The zero-order valence-electron chi connectivity index (χ0n) is 21.5. The first kappa shape index (κ1) is 22.5. The summed E-state index contributed by atoms with van der Waals surface area (Å²) in [5.74, 6) is 0.600. The Morgan fingerprint density at radius 1 is 0.722 bits per heavy atom. The Bertz CT molecular complexity index is 1760. The Balaban J connectivity index is 1.67. The van der Waals surface area contributed by atoms with E-state index >= 15 is 0 Å². The van der Waals surface area contributed by atoms with Gasteiger partial charge in [-0.1, -0.05) is 61.9 Å². The molecule has 3 heteroatoms. The van der Waals surface area contributed by atoms with Crippen LogP contribution >= 0.6 is 0 Å². The molecular weight excluding hydrogens is 440 g/mol. The average Bonchev–Trinajstić information content (AvgIpc) is 3.20. The molecule has 0 spiro atoms. The van der Waals surface area contributed by atoms with Crippen molar-refractivity contribution < 1.29 is 4.42 Å². The molecule has 6 aromatic rings. The first-order valence-electron chi connectivity index (χ1n) is 12.7. The summed E-state index contributed by atoms with van der Waals surface area (Å²) in [6, 6.07) is 26.2. The van der Waals surface area contributed by atoms with Crippen LogP contribution in [-0.2, 0) is 6.42 Å². The van der Waals surface area contributed by atoms with E-state index < -0.39 is 0 Å². The third-order valence-electron chi connectivity index (χ3n) is 6.86. The molecule has 0 saturated carbocycles. The summed E-state index contributed by atoms with van der Waals surface area (Å²) >= 11 is 0. The lowest BCUT2D eigenvalue weighted by atomic mass is 9.95. The van der Waals surface area contributed by atoms with Crippen molar-refractivity contribution >= 4 is 32.8 Å². The highest BCUT2D eigenvalue weighted by atomic mass is 16.3. The summed E-state index contributed by atoms with van der Waals surface area (Å²) in [5.41, 5.74) is 10.3. The molecule has 0 saturated heterocycles. The van der Waals surface area contributed by atoms with Crippen molar-refractivity contribution in [1.29, 1.82) is 0 Å². The zero-order valence-corrected chi connectivity index (χ0v) is 21.5. The number of hydrogen-bond donors (Lipinski definition) is 0. The molecule has 0 fully saturated rings. The number of fused-ring (bicyclic) bond motifs is 4. The predicted octanol–water partition coefficient (Wildman–Crippen LogP) is 8.99. The van der Waals surface area contributed by atoms with Crippen LogP contribution in [0.5, 0.6) is 0 Å². The number of rotatable bonds is 4. The molecule has 0 N–H and O–H groups in total. The van der Waals surface area contributed by atoms with E-state index in [0.717, 1.165) is 56.4 Å². The molecule has 0 radical (unpaired) electrons. The van der Waals surface area contributed by atoms with Gasteiger partial charge >= 0.3 is 0 Å². The molecule has 3 aromatic carbocycles. The molecule has 3 heterocycles. The first-order chi connectivity index (χ1) is 17.4. The van der Waals surface area contributed by atoms with Gasteiger partial charge in [-0.05, 0) is 80.0 Å². The maximum atomic E-state index is 6.41. The van der Waals surface area contributed by atoms with E-state index in [-0.39, 0.29) is 0 Å². The minimum absolute atomic E-state index is 0.600. The molecular formula is C33H30N2O. The van der Waals surface area contributed by atoms with Crippen LogP contribution in [0.25, 0.3) is 55.4 Å². The van der Waals surface area contributed by atoms with Crippen molar-refractivity contribution in [2.24, 2.45) is 5.92 Å². The van der Waals surface area contributed by atoms with Gasteiger partial charge < -0.3 is 4.42 Å². The predicted molar refractivity (Wildman–Crippen MR) is 150 cm³/mol. The van der Waals surface area contributed by atoms with Crippen LogP contribution in [0.4, 0.5) is 0 Å². The smallest absolute Gasteiger partial charge is 0.227 e. The number of pyridine rings is 2. The van der Waals surface area contributed by atoms with Crippen LogP contribution < -0.4 is 0 Å². The highest BCUT2D eigenvalue weighted by Crippen LogP contribution is 2.39. The van der Waals surface area contributed by atoms with Crippen molar-refractivity contribution in [3.05, 3.63) is 95.2 Å². The Morgan fingerprint density at radius 3 is 2.28 bits per heavy atom. The van der Waals surface area contributed by atoms with E-state index in [0.29, 0.717) is 11.6 Å². The van der Waals surface area contributed by atoms with Gasteiger partial charge in [-0.3, -0.25) is 0 Å². The number of benzene rings is 3. The van der Waals surface area contributed by atoms with Crippen LogP contribution in [0, 0.1) is 26.7 Å². The lowest BCUT2D eigenvalue weighted by Crippen LogP contribution is -1.96. The maximum absolute atomic E-state index is 6.41. The molecule has 3 nitrogen and oxygen atoms in total. The highest BCUT2D eigenvalue weighted by molar-refractivity contribution is 6.11. The van der Waals surface area contributed by atoms with E-state index in [9.17, 15) is 0 Å².